The number of nitrogens with zero attached hydrogens (tertiary/aromatic N) is 3. The van der Waals surface area contributed by atoms with Gasteiger partial charge in [0.2, 0.25) is 15.9 Å². The van der Waals surface area contributed by atoms with Gasteiger partial charge in [-0.2, -0.15) is 4.31 Å². The predicted octanol–water partition coefficient (Wildman–Crippen LogP) is 3.60. The molecule has 2 aromatic heterocycles. The van der Waals surface area contributed by atoms with Crippen molar-refractivity contribution in [2.45, 2.75) is 23.8 Å². The average Bonchev–Trinajstić information content (AvgIpc) is 3.36. The Hall–Kier alpha value is -2.17. The summed E-state index contributed by atoms with van der Waals surface area (Å²) >= 11 is 1.43. The van der Waals surface area contributed by atoms with Crippen LogP contribution in [0.15, 0.2) is 45.0 Å². The molecule has 0 N–H and O–H groups in total. The second-order valence-electron chi connectivity index (χ2n) is 5.77. The number of sulfonamides is 1. The van der Waals surface area contributed by atoms with Crippen LogP contribution in [0.2, 0.25) is 0 Å². The summed E-state index contributed by atoms with van der Waals surface area (Å²) in [4.78, 5) is 0.484. The zero-order valence-corrected chi connectivity index (χ0v) is 14.9. The molecular formula is C16H13F2N3O3S2. The standard InChI is InChI=1S/C16H13F2N3O3S2/c17-11-6-5-10(9-12(11)18)26(22,23)21-7-1-3-13(21)15-19-20-16(24-15)14-4-2-8-25-14/h2,4-6,8-9,13H,1,3,7H2. The Bertz CT molecular complexity index is 1030. The van der Waals surface area contributed by atoms with Crippen molar-refractivity contribution in [2.75, 3.05) is 6.54 Å². The largest absolute Gasteiger partial charge is 0.418 e. The Morgan fingerprint density at radius 3 is 2.77 bits per heavy atom. The molecule has 1 aliphatic rings. The molecule has 1 aromatic carbocycles. The summed E-state index contributed by atoms with van der Waals surface area (Å²) in [7, 11) is -4.02. The number of aromatic nitrogens is 2. The molecule has 0 amide bonds. The van der Waals surface area contributed by atoms with E-state index < -0.39 is 27.7 Å². The first-order valence-electron chi connectivity index (χ1n) is 7.81. The van der Waals surface area contributed by atoms with Crippen molar-refractivity contribution in [1.29, 1.82) is 0 Å². The van der Waals surface area contributed by atoms with Crippen LogP contribution in [-0.2, 0) is 10.0 Å². The van der Waals surface area contributed by atoms with Gasteiger partial charge in [-0.3, -0.25) is 0 Å². The molecule has 1 unspecified atom stereocenters. The van der Waals surface area contributed by atoms with Crippen LogP contribution in [0.25, 0.3) is 10.8 Å². The second-order valence-corrected chi connectivity index (χ2v) is 8.61. The maximum Gasteiger partial charge on any atom is 0.257 e. The third-order valence-electron chi connectivity index (χ3n) is 4.16. The summed E-state index contributed by atoms with van der Waals surface area (Å²) in [6.07, 6.45) is 1.11. The van der Waals surface area contributed by atoms with E-state index in [2.05, 4.69) is 10.2 Å². The Balaban J connectivity index is 1.67. The van der Waals surface area contributed by atoms with E-state index in [1.54, 1.807) is 0 Å². The quantitative estimate of drug-likeness (QED) is 0.672. The fraction of sp³-hybridized carbons (Fsp3) is 0.250. The van der Waals surface area contributed by atoms with Crippen LogP contribution in [0.4, 0.5) is 8.78 Å². The molecule has 4 rings (SSSR count). The van der Waals surface area contributed by atoms with E-state index in [9.17, 15) is 17.2 Å². The van der Waals surface area contributed by atoms with Crippen molar-refractivity contribution in [3.8, 4) is 10.8 Å². The van der Waals surface area contributed by atoms with E-state index >= 15 is 0 Å². The Morgan fingerprint density at radius 2 is 2.04 bits per heavy atom. The van der Waals surface area contributed by atoms with Gasteiger partial charge < -0.3 is 4.42 Å². The van der Waals surface area contributed by atoms with E-state index in [1.807, 2.05) is 17.5 Å². The van der Waals surface area contributed by atoms with Gasteiger partial charge in [-0.25, -0.2) is 17.2 Å². The number of thiophene rings is 1. The summed E-state index contributed by atoms with van der Waals surface area (Å²) < 4.78 is 59.2. The SMILES string of the molecule is O=S(=O)(c1ccc(F)c(F)c1)N1CCCC1c1nnc(-c2cccs2)o1. The topological polar surface area (TPSA) is 76.3 Å². The molecule has 3 heterocycles. The summed E-state index contributed by atoms with van der Waals surface area (Å²) in [6, 6.07) is 5.58. The highest BCUT2D eigenvalue weighted by Gasteiger charge is 2.39. The molecule has 1 saturated heterocycles. The maximum atomic E-state index is 13.5. The molecule has 0 radical (unpaired) electrons. The first-order chi connectivity index (χ1) is 12.5. The number of hydrogen-bond acceptors (Lipinski definition) is 6. The van der Waals surface area contributed by atoms with Crippen molar-refractivity contribution in [3.05, 3.63) is 53.2 Å². The molecule has 1 atom stereocenters. The molecule has 0 aliphatic carbocycles. The zero-order valence-electron chi connectivity index (χ0n) is 13.3. The highest BCUT2D eigenvalue weighted by molar-refractivity contribution is 7.89. The minimum Gasteiger partial charge on any atom is -0.418 e. The van der Waals surface area contributed by atoms with Gasteiger partial charge in [-0.15, -0.1) is 21.5 Å². The lowest BCUT2D eigenvalue weighted by Gasteiger charge is -2.21. The average molecular weight is 397 g/mol. The van der Waals surface area contributed by atoms with Gasteiger partial charge in [0.15, 0.2) is 11.6 Å². The van der Waals surface area contributed by atoms with Crippen LogP contribution in [0.5, 0.6) is 0 Å². The van der Waals surface area contributed by atoms with Crippen molar-refractivity contribution in [3.63, 3.8) is 0 Å². The van der Waals surface area contributed by atoms with Gasteiger partial charge in [0, 0.05) is 6.54 Å². The molecular weight excluding hydrogens is 384 g/mol. The normalized spacial score (nSPS) is 18.5. The highest BCUT2D eigenvalue weighted by Crippen LogP contribution is 2.37. The molecule has 10 heteroatoms. The van der Waals surface area contributed by atoms with E-state index in [4.69, 9.17) is 4.42 Å². The van der Waals surface area contributed by atoms with Crippen molar-refractivity contribution >= 4 is 21.4 Å². The minimum absolute atomic E-state index is 0.192. The van der Waals surface area contributed by atoms with Crippen LogP contribution in [-0.4, -0.2) is 29.5 Å². The van der Waals surface area contributed by atoms with E-state index in [1.165, 1.54) is 15.6 Å². The minimum atomic E-state index is -4.02. The molecule has 0 spiro atoms. The Kier molecular flexibility index (Phi) is 4.33. The number of halogens is 2. The van der Waals surface area contributed by atoms with Gasteiger partial charge in [0.1, 0.15) is 6.04 Å². The fourth-order valence-electron chi connectivity index (χ4n) is 2.92. The zero-order chi connectivity index (χ0) is 18.3. The van der Waals surface area contributed by atoms with Gasteiger partial charge in [0.25, 0.3) is 5.89 Å². The van der Waals surface area contributed by atoms with Crippen LogP contribution in [0.1, 0.15) is 24.8 Å². The first kappa shape index (κ1) is 17.3. The summed E-state index contributed by atoms with van der Waals surface area (Å²) in [5, 5.41) is 9.84. The van der Waals surface area contributed by atoms with Gasteiger partial charge >= 0.3 is 0 Å². The lowest BCUT2D eigenvalue weighted by molar-refractivity contribution is 0.332. The number of benzene rings is 1. The molecule has 0 saturated carbocycles. The van der Waals surface area contributed by atoms with Gasteiger partial charge in [0.05, 0.1) is 9.77 Å². The highest BCUT2D eigenvalue weighted by atomic mass is 32.2. The van der Waals surface area contributed by atoms with E-state index in [0.29, 0.717) is 24.8 Å². The first-order valence-corrected chi connectivity index (χ1v) is 10.1. The smallest absolute Gasteiger partial charge is 0.257 e. The summed E-state index contributed by atoms with van der Waals surface area (Å²) in [6.45, 7) is 0.239. The van der Waals surface area contributed by atoms with Gasteiger partial charge in [-0.05, 0) is 42.5 Å². The third kappa shape index (κ3) is 2.93. The third-order valence-corrected chi connectivity index (χ3v) is 6.92. The molecule has 1 fully saturated rings. The molecule has 3 aromatic rings. The predicted molar refractivity (Wildman–Crippen MR) is 89.8 cm³/mol. The van der Waals surface area contributed by atoms with E-state index in [0.717, 1.165) is 17.0 Å². The van der Waals surface area contributed by atoms with Crippen molar-refractivity contribution in [2.24, 2.45) is 0 Å². The summed E-state index contributed by atoms with van der Waals surface area (Å²) in [5.74, 6) is -1.79. The Morgan fingerprint density at radius 1 is 1.19 bits per heavy atom. The second kappa shape index (κ2) is 6.53. The number of hydrogen-bond donors (Lipinski definition) is 0. The molecule has 136 valence electrons. The van der Waals surface area contributed by atoms with Crippen molar-refractivity contribution < 1.29 is 21.6 Å². The lowest BCUT2D eigenvalue weighted by Crippen LogP contribution is -2.31. The fourth-order valence-corrected chi connectivity index (χ4v) is 5.22. The molecule has 0 bridgehead atoms. The molecule has 6 nitrogen and oxygen atoms in total. The maximum absolute atomic E-state index is 13.5. The van der Waals surface area contributed by atoms with Crippen LogP contribution < -0.4 is 0 Å². The number of rotatable bonds is 4. The molecule has 26 heavy (non-hydrogen) atoms. The van der Waals surface area contributed by atoms with Crippen LogP contribution in [0, 0.1) is 11.6 Å². The van der Waals surface area contributed by atoms with Crippen LogP contribution in [0.3, 0.4) is 0 Å². The van der Waals surface area contributed by atoms with Gasteiger partial charge in [-0.1, -0.05) is 6.07 Å². The van der Waals surface area contributed by atoms with Crippen molar-refractivity contribution in [1.82, 2.24) is 14.5 Å². The summed E-state index contributed by atoms with van der Waals surface area (Å²) in [5.41, 5.74) is 0. The lowest BCUT2D eigenvalue weighted by atomic mass is 10.2. The molecule has 1 aliphatic heterocycles. The Labute approximate surface area is 152 Å². The monoisotopic (exact) mass is 397 g/mol. The van der Waals surface area contributed by atoms with Crippen LogP contribution >= 0.6 is 11.3 Å². The van der Waals surface area contributed by atoms with E-state index in [-0.39, 0.29) is 17.3 Å².